The highest BCUT2D eigenvalue weighted by Gasteiger charge is 2.28. The predicted molar refractivity (Wildman–Crippen MR) is 165 cm³/mol. The quantitative estimate of drug-likeness (QED) is 0.138. The predicted octanol–water partition coefficient (Wildman–Crippen LogP) is 5.43. The molecule has 1 aliphatic carbocycles. The van der Waals surface area contributed by atoms with Gasteiger partial charge < -0.3 is 15.0 Å². The molecule has 0 atom stereocenters. The summed E-state index contributed by atoms with van der Waals surface area (Å²) in [6, 6.07) is 17.2. The van der Waals surface area contributed by atoms with Crippen LogP contribution in [0.5, 0.6) is 5.75 Å². The van der Waals surface area contributed by atoms with Crippen LogP contribution in [0.25, 0.3) is 5.69 Å². The Balaban J connectivity index is 1.17. The lowest BCUT2D eigenvalue weighted by molar-refractivity contribution is -0.134. The van der Waals surface area contributed by atoms with Crippen LogP contribution in [-0.2, 0) is 29.1 Å². The molecule has 1 saturated carbocycles. The lowest BCUT2D eigenvalue weighted by Gasteiger charge is -2.30. The van der Waals surface area contributed by atoms with E-state index in [-0.39, 0.29) is 17.4 Å². The average molecular weight is 589 g/mol. The summed E-state index contributed by atoms with van der Waals surface area (Å²) in [7, 11) is 0. The van der Waals surface area contributed by atoms with Crippen molar-refractivity contribution in [3.63, 3.8) is 0 Å². The molecule has 222 valence electrons. The summed E-state index contributed by atoms with van der Waals surface area (Å²) in [6.45, 7) is 4.03. The van der Waals surface area contributed by atoms with Gasteiger partial charge in [0.1, 0.15) is 5.75 Å². The van der Waals surface area contributed by atoms with Crippen LogP contribution < -0.4 is 15.6 Å². The van der Waals surface area contributed by atoms with Gasteiger partial charge in [-0.2, -0.15) is 0 Å². The highest BCUT2D eigenvalue weighted by atomic mass is 32.2. The number of amides is 1. The minimum Gasteiger partial charge on any atom is -0.427 e. The molecule has 5 rings (SSSR count). The Labute approximate surface area is 251 Å². The minimum atomic E-state index is -0.251. The third-order valence-corrected chi connectivity index (χ3v) is 9.20. The molecule has 0 radical (unpaired) electrons. The molecule has 0 unspecified atom stereocenters. The molecule has 1 amide bonds. The number of hydrogen-bond donors (Lipinski definition) is 1. The van der Waals surface area contributed by atoms with E-state index < -0.39 is 0 Å². The van der Waals surface area contributed by atoms with Crippen molar-refractivity contribution in [2.75, 3.05) is 13.1 Å². The molecule has 2 aromatic carbocycles. The molecule has 1 N–H and O–H groups in total. The van der Waals surface area contributed by atoms with Crippen LogP contribution in [0.15, 0.2) is 64.5 Å². The molecule has 3 aromatic rings. The van der Waals surface area contributed by atoms with Gasteiger partial charge in [0.25, 0.3) is 5.56 Å². The molecular weight excluding hydrogens is 548 g/mol. The summed E-state index contributed by atoms with van der Waals surface area (Å²) >= 11 is 1.74. The Kier molecular flexibility index (Phi) is 10.5. The van der Waals surface area contributed by atoms with E-state index in [1.165, 1.54) is 19.3 Å². The number of benzene rings is 2. The fraction of sp³-hybridized carbons (Fsp3) is 0.455. The third kappa shape index (κ3) is 7.69. The molecule has 42 heavy (non-hydrogen) atoms. The fourth-order valence-corrected chi connectivity index (χ4v) is 6.84. The Morgan fingerprint density at radius 2 is 1.81 bits per heavy atom. The van der Waals surface area contributed by atoms with Crippen LogP contribution in [0.4, 0.5) is 0 Å². The van der Waals surface area contributed by atoms with Gasteiger partial charge in [0, 0.05) is 37.6 Å². The highest BCUT2D eigenvalue weighted by molar-refractivity contribution is 7.99. The van der Waals surface area contributed by atoms with Gasteiger partial charge in [0.15, 0.2) is 5.16 Å². The first-order chi connectivity index (χ1) is 20.5. The summed E-state index contributed by atoms with van der Waals surface area (Å²) in [5, 5.41) is 4.64. The molecule has 0 spiro atoms. The zero-order chi connectivity index (χ0) is 29.3. The van der Waals surface area contributed by atoms with Gasteiger partial charge in [-0.05, 0) is 55.6 Å². The molecule has 2 heterocycles. The van der Waals surface area contributed by atoms with Crippen LogP contribution in [0, 0.1) is 0 Å². The van der Waals surface area contributed by atoms with Crippen molar-refractivity contribution in [1.82, 2.24) is 19.8 Å². The van der Waals surface area contributed by atoms with Crippen molar-refractivity contribution < 1.29 is 14.3 Å². The number of ether oxygens (including phenoxy) is 1. The zero-order valence-corrected chi connectivity index (χ0v) is 25.2. The van der Waals surface area contributed by atoms with Crippen molar-refractivity contribution in [1.29, 1.82) is 0 Å². The Hall–Kier alpha value is -3.43. The number of carbonyl (C=O) groups excluding carboxylic acids is 2. The number of nitrogens with one attached hydrogen (secondary N) is 1. The van der Waals surface area contributed by atoms with Gasteiger partial charge in [-0.25, -0.2) is 4.98 Å². The SMILES string of the molecule is CCC(=O)Oc1ccc(CNCCCC(=O)N2CCc3nc(SC4CCCCC4)n(-c4ccccc4)c(=O)c3C2)cc1. The van der Waals surface area contributed by atoms with E-state index in [1.54, 1.807) is 35.4 Å². The second kappa shape index (κ2) is 14.6. The van der Waals surface area contributed by atoms with Gasteiger partial charge >= 0.3 is 5.97 Å². The molecular formula is C33H40N4O4S. The molecule has 0 saturated heterocycles. The second-order valence-corrected chi connectivity index (χ2v) is 12.3. The lowest BCUT2D eigenvalue weighted by Crippen LogP contribution is -2.41. The van der Waals surface area contributed by atoms with E-state index in [9.17, 15) is 14.4 Å². The van der Waals surface area contributed by atoms with Gasteiger partial charge in [0.2, 0.25) is 5.91 Å². The van der Waals surface area contributed by atoms with Crippen LogP contribution in [0.1, 0.15) is 75.1 Å². The summed E-state index contributed by atoms with van der Waals surface area (Å²) in [4.78, 5) is 45.3. The normalized spacial score (nSPS) is 15.3. The highest BCUT2D eigenvalue weighted by Crippen LogP contribution is 2.34. The fourth-order valence-electron chi connectivity index (χ4n) is 5.52. The van der Waals surface area contributed by atoms with E-state index in [2.05, 4.69) is 5.32 Å². The van der Waals surface area contributed by atoms with Crippen molar-refractivity contribution >= 4 is 23.6 Å². The first-order valence-corrected chi connectivity index (χ1v) is 16.0. The molecule has 1 aliphatic heterocycles. The largest absolute Gasteiger partial charge is 0.427 e. The zero-order valence-electron chi connectivity index (χ0n) is 24.3. The summed E-state index contributed by atoms with van der Waals surface area (Å²) in [6.07, 6.45) is 8.14. The maximum absolute atomic E-state index is 13.9. The minimum absolute atomic E-state index is 0.0563. The number of rotatable bonds is 11. The molecule has 1 aromatic heterocycles. The Bertz CT molecular complexity index is 1420. The van der Waals surface area contributed by atoms with Crippen molar-refractivity contribution in [3.8, 4) is 11.4 Å². The first kappa shape index (κ1) is 30.0. The van der Waals surface area contributed by atoms with E-state index in [0.29, 0.717) is 68.4 Å². The number of esters is 1. The number of nitrogens with zero attached hydrogens (tertiary/aromatic N) is 3. The van der Waals surface area contributed by atoms with Crippen LogP contribution in [-0.4, -0.2) is 44.7 Å². The van der Waals surface area contributed by atoms with Crippen molar-refractivity contribution in [3.05, 3.63) is 81.8 Å². The summed E-state index contributed by atoms with van der Waals surface area (Å²) < 4.78 is 6.97. The van der Waals surface area contributed by atoms with Crippen LogP contribution >= 0.6 is 11.8 Å². The van der Waals surface area contributed by atoms with Crippen LogP contribution in [0.3, 0.4) is 0 Å². The topological polar surface area (TPSA) is 93.5 Å². The van der Waals surface area contributed by atoms with Gasteiger partial charge in [-0.3, -0.25) is 19.0 Å². The Morgan fingerprint density at radius 1 is 1.05 bits per heavy atom. The van der Waals surface area contributed by atoms with E-state index in [1.807, 2.05) is 47.4 Å². The smallest absolute Gasteiger partial charge is 0.310 e. The maximum Gasteiger partial charge on any atom is 0.310 e. The van der Waals surface area contributed by atoms with Crippen LogP contribution in [0.2, 0.25) is 0 Å². The summed E-state index contributed by atoms with van der Waals surface area (Å²) in [5.41, 5.74) is 3.32. The van der Waals surface area contributed by atoms with E-state index in [0.717, 1.165) is 34.9 Å². The van der Waals surface area contributed by atoms with Crippen molar-refractivity contribution in [2.45, 2.75) is 88.2 Å². The monoisotopic (exact) mass is 588 g/mol. The van der Waals surface area contributed by atoms with Gasteiger partial charge in [-0.15, -0.1) is 0 Å². The average Bonchev–Trinajstić information content (AvgIpc) is 3.02. The number of carbonyl (C=O) groups is 2. The van der Waals surface area contributed by atoms with E-state index in [4.69, 9.17) is 9.72 Å². The molecule has 2 aliphatic rings. The number of fused-ring (bicyclic) bond motifs is 1. The van der Waals surface area contributed by atoms with E-state index >= 15 is 0 Å². The number of para-hydroxylation sites is 1. The number of aromatic nitrogens is 2. The molecule has 1 fully saturated rings. The molecule has 9 heteroatoms. The summed E-state index contributed by atoms with van der Waals surface area (Å²) in [5.74, 6) is 0.361. The second-order valence-electron chi connectivity index (χ2n) is 11.0. The van der Waals surface area contributed by atoms with Gasteiger partial charge in [-0.1, -0.05) is 68.3 Å². The number of thioether (sulfide) groups is 1. The maximum atomic E-state index is 13.9. The standard InChI is InChI=1S/C33H40N4O4S/c1-2-31(39)41-26-17-15-24(16-18-26)22-34-20-9-14-30(38)36-21-19-29-28(23-36)32(40)37(25-10-5-3-6-11-25)33(35-29)42-27-12-7-4-8-13-27/h3,5-6,10-11,15-18,27,34H,2,4,7-9,12-14,19-23H2,1H3. The molecule has 0 bridgehead atoms. The lowest BCUT2D eigenvalue weighted by atomic mass is 10.0. The van der Waals surface area contributed by atoms with Gasteiger partial charge in [0.05, 0.1) is 23.5 Å². The number of hydrogen-bond acceptors (Lipinski definition) is 7. The van der Waals surface area contributed by atoms with Crippen molar-refractivity contribution in [2.24, 2.45) is 0 Å². The first-order valence-electron chi connectivity index (χ1n) is 15.2. The molecule has 8 nitrogen and oxygen atoms in total. The Morgan fingerprint density at radius 3 is 2.55 bits per heavy atom. The third-order valence-electron chi connectivity index (χ3n) is 7.91.